The molecule has 1 N–H and O–H groups in total. The predicted octanol–water partition coefficient (Wildman–Crippen LogP) is 0.589. The molecule has 1 fully saturated rings. The lowest BCUT2D eigenvalue weighted by Crippen LogP contribution is -2.52. The molecule has 1 aliphatic rings. The standard InChI is InChI=1S/C10H18FNO5S/c1-17-8-5-10(11,18(14,15)16)9(13)12-6-3-2-4-7-12/h2-8H2,1H3,(H,14,15,16). The Bertz CT molecular complexity index is 393. The van der Waals surface area contributed by atoms with Crippen molar-refractivity contribution in [2.45, 2.75) is 30.7 Å². The fourth-order valence-electron chi connectivity index (χ4n) is 1.91. The zero-order valence-electron chi connectivity index (χ0n) is 10.3. The molecule has 1 atom stereocenters. The highest BCUT2D eigenvalue weighted by Gasteiger charge is 2.52. The minimum atomic E-state index is -5.12. The van der Waals surface area contributed by atoms with Crippen LogP contribution in [0.4, 0.5) is 4.39 Å². The first-order valence-electron chi connectivity index (χ1n) is 5.77. The normalized spacial score (nSPS) is 20.5. The Morgan fingerprint density at radius 3 is 2.39 bits per heavy atom. The van der Waals surface area contributed by atoms with Crippen molar-refractivity contribution in [1.29, 1.82) is 0 Å². The predicted molar refractivity (Wildman–Crippen MR) is 62.3 cm³/mol. The number of amides is 1. The summed E-state index contributed by atoms with van der Waals surface area (Å²) in [4.78, 5) is 13.1. The number of alkyl halides is 1. The first kappa shape index (κ1) is 15.3. The van der Waals surface area contributed by atoms with Gasteiger partial charge in [-0.2, -0.15) is 8.42 Å². The van der Waals surface area contributed by atoms with Gasteiger partial charge in [-0.1, -0.05) is 0 Å². The monoisotopic (exact) mass is 283 g/mol. The maximum atomic E-state index is 14.4. The van der Waals surface area contributed by atoms with Gasteiger partial charge in [0, 0.05) is 26.6 Å². The van der Waals surface area contributed by atoms with E-state index in [0.29, 0.717) is 25.9 Å². The smallest absolute Gasteiger partial charge is 0.314 e. The van der Waals surface area contributed by atoms with Crippen molar-refractivity contribution in [3.63, 3.8) is 0 Å². The topological polar surface area (TPSA) is 83.9 Å². The summed E-state index contributed by atoms with van der Waals surface area (Å²) in [6, 6.07) is 0. The molecular weight excluding hydrogens is 265 g/mol. The third-order valence-electron chi connectivity index (χ3n) is 3.00. The zero-order valence-corrected chi connectivity index (χ0v) is 11.1. The van der Waals surface area contributed by atoms with Crippen LogP contribution in [0.5, 0.6) is 0 Å². The average Bonchev–Trinajstić information content (AvgIpc) is 2.34. The third-order valence-corrected chi connectivity index (χ3v) is 4.20. The fourth-order valence-corrected chi connectivity index (χ4v) is 2.60. The van der Waals surface area contributed by atoms with Crippen LogP contribution in [0.2, 0.25) is 0 Å². The van der Waals surface area contributed by atoms with Gasteiger partial charge in [-0.15, -0.1) is 0 Å². The van der Waals surface area contributed by atoms with Crippen LogP contribution in [0.3, 0.4) is 0 Å². The highest BCUT2D eigenvalue weighted by molar-refractivity contribution is 7.87. The van der Waals surface area contributed by atoms with E-state index in [1.807, 2.05) is 0 Å². The Kier molecular flexibility index (Phi) is 5.06. The van der Waals surface area contributed by atoms with E-state index in [2.05, 4.69) is 4.74 Å². The van der Waals surface area contributed by atoms with E-state index in [-0.39, 0.29) is 6.61 Å². The molecule has 0 aromatic carbocycles. The molecule has 0 aromatic rings. The number of carbonyl (C=O) groups excluding carboxylic acids is 1. The Hall–Kier alpha value is -0.730. The van der Waals surface area contributed by atoms with Gasteiger partial charge in [0.25, 0.3) is 5.91 Å². The van der Waals surface area contributed by atoms with Gasteiger partial charge in [0.05, 0.1) is 6.61 Å². The molecule has 1 heterocycles. The zero-order chi connectivity index (χ0) is 13.8. The van der Waals surface area contributed by atoms with Gasteiger partial charge in [-0.05, 0) is 19.3 Å². The van der Waals surface area contributed by atoms with Crippen molar-refractivity contribution >= 4 is 16.0 Å². The van der Waals surface area contributed by atoms with E-state index in [0.717, 1.165) is 11.3 Å². The maximum Gasteiger partial charge on any atom is 0.314 e. The van der Waals surface area contributed by atoms with Crippen LogP contribution >= 0.6 is 0 Å². The molecule has 0 aliphatic carbocycles. The number of hydrogen-bond donors (Lipinski definition) is 1. The van der Waals surface area contributed by atoms with Gasteiger partial charge >= 0.3 is 15.1 Å². The number of rotatable bonds is 5. The number of likely N-dealkylation sites (tertiary alicyclic amines) is 1. The van der Waals surface area contributed by atoms with Crippen LogP contribution in [-0.4, -0.2) is 55.6 Å². The second-order valence-corrected chi connectivity index (χ2v) is 5.90. The molecule has 0 aromatic heterocycles. The number of hydrogen-bond acceptors (Lipinski definition) is 4. The van der Waals surface area contributed by atoms with Crippen molar-refractivity contribution in [1.82, 2.24) is 4.90 Å². The SMILES string of the molecule is COCCC(F)(C(=O)N1CCCCC1)S(=O)(=O)O. The Morgan fingerprint density at radius 1 is 1.39 bits per heavy atom. The van der Waals surface area contributed by atoms with Gasteiger partial charge in [0.2, 0.25) is 0 Å². The van der Waals surface area contributed by atoms with Gasteiger partial charge in [-0.3, -0.25) is 9.35 Å². The van der Waals surface area contributed by atoms with Gasteiger partial charge in [-0.25, -0.2) is 4.39 Å². The summed E-state index contributed by atoms with van der Waals surface area (Å²) < 4.78 is 50.1. The van der Waals surface area contributed by atoms with Crippen LogP contribution in [0, 0.1) is 0 Å². The molecule has 8 heteroatoms. The summed E-state index contributed by atoms with van der Waals surface area (Å²) in [7, 11) is -3.86. The third kappa shape index (κ3) is 3.18. The van der Waals surface area contributed by atoms with Gasteiger partial charge < -0.3 is 9.64 Å². The first-order valence-corrected chi connectivity index (χ1v) is 7.21. The molecule has 1 rings (SSSR count). The molecule has 6 nitrogen and oxygen atoms in total. The summed E-state index contributed by atoms with van der Waals surface area (Å²) in [6.45, 7) is 0.357. The number of ether oxygens (including phenoxy) is 1. The van der Waals surface area contributed by atoms with E-state index >= 15 is 0 Å². The molecule has 0 spiro atoms. The largest absolute Gasteiger partial charge is 0.385 e. The van der Waals surface area contributed by atoms with E-state index < -0.39 is 27.4 Å². The Balaban J connectivity index is 2.91. The fraction of sp³-hybridized carbons (Fsp3) is 0.900. The second-order valence-electron chi connectivity index (χ2n) is 4.30. The number of nitrogens with zero attached hydrogens (tertiary/aromatic N) is 1. The van der Waals surface area contributed by atoms with E-state index in [1.165, 1.54) is 7.11 Å². The van der Waals surface area contributed by atoms with Crippen LogP contribution in [0.25, 0.3) is 0 Å². The lowest BCUT2D eigenvalue weighted by atomic mass is 10.1. The van der Waals surface area contributed by atoms with Crippen molar-refractivity contribution < 1.29 is 26.9 Å². The van der Waals surface area contributed by atoms with Gasteiger partial charge in [0.1, 0.15) is 0 Å². The highest BCUT2D eigenvalue weighted by atomic mass is 32.2. The summed E-state index contributed by atoms with van der Waals surface area (Å²) in [5.74, 6) is -1.19. The maximum absolute atomic E-state index is 14.4. The lowest BCUT2D eigenvalue weighted by Gasteiger charge is -2.32. The lowest BCUT2D eigenvalue weighted by molar-refractivity contribution is -0.140. The van der Waals surface area contributed by atoms with Crippen LogP contribution in [0.1, 0.15) is 25.7 Å². The van der Waals surface area contributed by atoms with E-state index in [1.54, 1.807) is 0 Å². The van der Waals surface area contributed by atoms with E-state index in [9.17, 15) is 17.6 Å². The second kappa shape index (κ2) is 5.94. The molecule has 1 amide bonds. The Labute approximate surface area is 106 Å². The van der Waals surface area contributed by atoms with Crippen molar-refractivity contribution in [2.24, 2.45) is 0 Å². The minimum absolute atomic E-state index is 0.268. The number of methoxy groups -OCH3 is 1. The molecule has 1 aliphatic heterocycles. The summed E-state index contributed by atoms with van der Waals surface area (Å²) >= 11 is 0. The van der Waals surface area contributed by atoms with Crippen molar-refractivity contribution in [3.05, 3.63) is 0 Å². The molecule has 0 radical (unpaired) electrons. The molecule has 0 saturated carbocycles. The van der Waals surface area contributed by atoms with Crippen LogP contribution in [-0.2, 0) is 19.6 Å². The Morgan fingerprint density at radius 2 is 1.94 bits per heavy atom. The molecule has 106 valence electrons. The summed E-state index contributed by atoms with van der Waals surface area (Å²) in [5.41, 5.74) is 0. The number of carbonyl (C=O) groups is 1. The van der Waals surface area contributed by atoms with Crippen LogP contribution < -0.4 is 0 Å². The molecule has 18 heavy (non-hydrogen) atoms. The molecular formula is C10H18FNO5S. The average molecular weight is 283 g/mol. The number of halogens is 1. The molecule has 1 unspecified atom stereocenters. The quantitative estimate of drug-likeness (QED) is 0.746. The highest BCUT2D eigenvalue weighted by Crippen LogP contribution is 2.27. The van der Waals surface area contributed by atoms with Crippen molar-refractivity contribution in [3.8, 4) is 0 Å². The molecule has 1 saturated heterocycles. The van der Waals surface area contributed by atoms with Crippen LogP contribution in [0.15, 0.2) is 0 Å². The summed E-state index contributed by atoms with van der Waals surface area (Å²) in [5, 5.41) is -3.31. The first-order chi connectivity index (χ1) is 8.33. The van der Waals surface area contributed by atoms with Gasteiger partial charge in [0.15, 0.2) is 0 Å². The minimum Gasteiger partial charge on any atom is -0.385 e. The van der Waals surface area contributed by atoms with E-state index in [4.69, 9.17) is 4.55 Å². The molecule has 0 bridgehead atoms. The number of piperidine rings is 1. The van der Waals surface area contributed by atoms with Crippen molar-refractivity contribution in [2.75, 3.05) is 26.8 Å². The summed E-state index contributed by atoms with van der Waals surface area (Å²) in [6.07, 6.45) is 1.62.